The highest BCUT2D eigenvalue weighted by Crippen LogP contribution is 2.36. The summed E-state index contributed by atoms with van der Waals surface area (Å²) in [7, 11) is 3.10. The third-order valence-electron chi connectivity index (χ3n) is 5.17. The molecule has 0 saturated heterocycles. The third-order valence-corrected chi connectivity index (χ3v) is 5.82. The average molecular weight is 475 g/mol. The molecule has 8 heteroatoms. The number of carbonyl (C=O) groups excluding carboxylic acids is 1. The van der Waals surface area contributed by atoms with Crippen molar-refractivity contribution in [2.45, 2.75) is 25.4 Å². The molecule has 2 N–H and O–H groups in total. The summed E-state index contributed by atoms with van der Waals surface area (Å²) in [6.07, 6.45) is 2.60. The lowest BCUT2D eigenvalue weighted by Crippen LogP contribution is -2.19. The summed E-state index contributed by atoms with van der Waals surface area (Å²) < 4.78 is 16.7. The molecule has 1 aromatic heterocycles. The van der Waals surface area contributed by atoms with Crippen molar-refractivity contribution in [2.75, 3.05) is 20.0 Å². The number of hydrogen-bond acceptors (Lipinski definition) is 6. The van der Waals surface area contributed by atoms with E-state index in [0.29, 0.717) is 38.4 Å². The zero-order valence-corrected chi connectivity index (χ0v) is 19.5. The van der Waals surface area contributed by atoms with Gasteiger partial charge in [0.25, 0.3) is 0 Å². The van der Waals surface area contributed by atoms with Crippen LogP contribution in [-0.2, 0) is 16.0 Å². The Balaban J connectivity index is 1.94. The minimum Gasteiger partial charge on any atom is -0.493 e. The first-order valence-corrected chi connectivity index (χ1v) is 10.6. The normalized spacial score (nSPS) is 12.7. The molecule has 3 aromatic rings. The molecule has 2 atom stereocenters. The molecule has 32 heavy (non-hydrogen) atoms. The van der Waals surface area contributed by atoms with Crippen molar-refractivity contribution in [1.29, 1.82) is 0 Å². The van der Waals surface area contributed by atoms with E-state index in [1.54, 1.807) is 45.4 Å². The Morgan fingerprint density at radius 2 is 1.56 bits per heavy atom. The molecule has 0 aliphatic rings. The summed E-state index contributed by atoms with van der Waals surface area (Å²) in [5, 5.41) is 0.788. The van der Waals surface area contributed by atoms with Crippen LogP contribution in [0.3, 0.4) is 0 Å². The smallest absolute Gasteiger partial charge is 0.313 e. The van der Waals surface area contributed by atoms with E-state index in [1.165, 1.54) is 12.4 Å². The van der Waals surface area contributed by atoms with Gasteiger partial charge in [0.05, 0.1) is 30.2 Å². The Morgan fingerprint density at radius 3 is 2.16 bits per heavy atom. The van der Waals surface area contributed by atoms with E-state index in [-0.39, 0.29) is 6.42 Å². The van der Waals surface area contributed by atoms with Crippen molar-refractivity contribution < 1.29 is 19.0 Å². The fourth-order valence-electron chi connectivity index (χ4n) is 3.26. The van der Waals surface area contributed by atoms with Crippen molar-refractivity contribution in [3.05, 3.63) is 81.6 Å². The summed E-state index contributed by atoms with van der Waals surface area (Å²) >= 11 is 12.7. The van der Waals surface area contributed by atoms with E-state index >= 15 is 0 Å². The number of nitrogens with zero attached hydrogens (tertiary/aromatic N) is 1. The van der Waals surface area contributed by atoms with Gasteiger partial charge in [-0.2, -0.15) is 0 Å². The Kier molecular flexibility index (Phi) is 7.83. The topological polar surface area (TPSA) is 83.7 Å². The lowest BCUT2D eigenvalue weighted by Gasteiger charge is -2.23. The Labute approximate surface area is 197 Å². The molecular weight excluding hydrogens is 451 g/mol. The van der Waals surface area contributed by atoms with Crippen LogP contribution in [0.1, 0.15) is 35.6 Å². The SMILES string of the molecule is COc1ccc(C(Cc2c(Cl)cncc2Cl)OC(=O)C(C)c2ccc(N)cc2)cc1OC. The predicted molar refractivity (Wildman–Crippen MR) is 126 cm³/mol. The van der Waals surface area contributed by atoms with Crippen LogP contribution < -0.4 is 15.2 Å². The summed E-state index contributed by atoms with van der Waals surface area (Å²) in [6, 6.07) is 12.5. The minimum absolute atomic E-state index is 0.260. The number of aromatic nitrogens is 1. The number of rotatable bonds is 8. The number of carbonyl (C=O) groups is 1. The number of esters is 1. The van der Waals surface area contributed by atoms with E-state index < -0.39 is 18.0 Å². The maximum Gasteiger partial charge on any atom is 0.313 e. The average Bonchev–Trinajstić information content (AvgIpc) is 2.80. The standard InChI is InChI=1S/C24H24Cl2N2O4/c1-14(15-4-7-17(27)8-5-15)24(29)32-22(11-18-19(25)12-28-13-20(18)26)16-6-9-21(30-2)23(10-16)31-3/h4-10,12-14,22H,11,27H2,1-3H3. The number of pyridine rings is 1. The van der Waals surface area contributed by atoms with Crippen LogP contribution in [0.2, 0.25) is 10.0 Å². The largest absolute Gasteiger partial charge is 0.493 e. The van der Waals surface area contributed by atoms with Gasteiger partial charge in [-0.1, -0.05) is 41.4 Å². The molecule has 0 amide bonds. The fraction of sp³-hybridized carbons (Fsp3) is 0.250. The molecule has 1 heterocycles. The van der Waals surface area contributed by atoms with Crippen LogP contribution in [0.4, 0.5) is 5.69 Å². The van der Waals surface area contributed by atoms with Gasteiger partial charge >= 0.3 is 5.97 Å². The number of methoxy groups -OCH3 is 2. The number of hydrogen-bond donors (Lipinski definition) is 1. The van der Waals surface area contributed by atoms with Gasteiger partial charge in [-0.3, -0.25) is 9.78 Å². The van der Waals surface area contributed by atoms with Crippen molar-refractivity contribution in [3.63, 3.8) is 0 Å². The number of ether oxygens (including phenoxy) is 3. The molecule has 2 unspecified atom stereocenters. The lowest BCUT2D eigenvalue weighted by molar-refractivity contribution is -0.150. The zero-order valence-electron chi connectivity index (χ0n) is 18.0. The summed E-state index contributed by atoms with van der Waals surface area (Å²) in [5.41, 5.74) is 8.53. The molecule has 0 radical (unpaired) electrons. The molecule has 3 rings (SSSR count). The molecule has 168 valence electrons. The maximum atomic E-state index is 13.1. The monoisotopic (exact) mass is 474 g/mol. The van der Waals surface area contributed by atoms with E-state index in [9.17, 15) is 4.79 Å². The van der Waals surface area contributed by atoms with E-state index in [4.69, 9.17) is 43.1 Å². The quantitative estimate of drug-likeness (QED) is 0.336. The van der Waals surface area contributed by atoms with Gasteiger partial charge in [-0.25, -0.2) is 0 Å². The number of nitrogens with two attached hydrogens (primary N) is 1. The summed E-state index contributed by atoms with van der Waals surface area (Å²) in [6.45, 7) is 1.78. The summed E-state index contributed by atoms with van der Waals surface area (Å²) in [5.74, 6) is 0.193. The Bertz CT molecular complexity index is 1070. The molecule has 0 saturated carbocycles. The van der Waals surface area contributed by atoms with Crippen LogP contribution in [0.25, 0.3) is 0 Å². The van der Waals surface area contributed by atoms with Crippen LogP contribution >= 0.6 is 23.2 Å². The van der Waals surface area contributed by atoms with Crippen LogP contribution in [-0.4, -0.2) is 25.2 Å². The van der Waals surface area contributed by atoms with Crippen molar-refractivity contribution in [1.82, 2.24) is 4.98 Å². The van der Waals surface area contributed by atoms with Gasteiger partial charge in [0, 0.05) is 24.5 Å². The lowest BCUT2D eigenvalue weighted by atomic mass is 9.99. The molecule has 0 aliphatic carbocycles. The van der Waals surface area contributed by atoms with Gasteiger partial charge in [0.2, 0.25) is 0 Å². The highest BCUT2D eigenvalue weighted by molar-refractivity contribution is 6.35. The second kappa shape index (κ2) is 10.6. The van der Waals surface area contributed by atoms with E-state index in [2.05, 4.69) is 4.98 Å². The van der Waals surface area contributed by atoms with Crippen LogP contribution in [0.15, 0.2) is 54.9 Å². The van der Waals surface area contributed by atoms with Gasteiger partial charge in [-0.05, 0) is 47.9 Å². The Hall–Kier alpha value is -2.96. The van der Waals surface area contributed by atoms with Gasteiger partial charge in [0.1, 0.15) is 6.10 Å². The van der Waals surface area contributed by atoms with Crippen LogP contribution in [0.5, 0.6) is 11.5 Å². The van der Waals surface area contributed by atoms with Gasteiger partial charge < -0.3 is 19.9 Å². The molecule has 0 spiro atoms. The first-order chi connectivity index (χ1) is 15.3. The second-order valence-corrected chi connectivity index (χ2v) is 8.03. The maximum absolute atomic E-state index is 13.1. The highest BCUT2D eigenvalue weighted by atomic mass is 35.5. The summed E-state index contributed by atoms with van der Waals surface area (Å²) in [4.78, 5) is 17.1. The highest BCUT2D eigenvalue weighted by Gasteiger charge is 2.25. The molecule has 0 bridgehead atoms. The van der Waals surface area contributed by atoms with Crippen LogP contribution in [0, 0.1) is 0 Å². The van der Waals surface area contributed by atoms with E-state index in [0.717, 1.165) is 5.56 Å². The second-order valence-electron chi connectivity index (χ2n) is 7.21. The number of anilines is 1. The number of halogens is 2. The number of benzene rings is 2. The van der Waals surface area contributed by atoms with Crippen molar-refractivity contribution in [2.24, 2.45) is 0 Å². The Morgan fingerprint density at radius 1 is 0.969 bits per heavy atom. The fourth-order valence-corrected chi connectivity index (χ4v) is 3.78. The minimum atomic E-state index is -0.670. The predicted octanol–water partition coefficient (Wildman–Crippen LogP) is 5.62. The first kappa shape index (κ1) is 23.7. The van der Waals surface area contributed by atoms with Gasteiger partial charge in [0.15, 0.2) is 11.5 Å². The number of nitrogen functional groups attached to an aromatic ring is 1. The van der Waals surface area contributed by atoms with E-state index in [1.807, 2.05) is 18.2 Å². The molecule has 6 nitrogen and oxygen atoms in total. The molecule has 2 aromatic carbocycles. The van der Waals surface area contributed by atoms with Gasteiger partial charge in [-0.15, -0.1) is 0 Å². The zero-order chi connectivity index (χ0) is 23.3. The third kappa shape index (κ3) is 5.44. The van der Waals surface area contributed by atoms with Crippen molar-refractivity contribution in [3.8, 4) is 11.5 Å². The molecule has 0 fully saturated rings. The first-order valence-electron chi connectivity index (χ1n) is 9.89. The molecule has 0 aliphatic heterocycles. The van der Waals surface area contributed by atoms with Crippen molar-refractivity contribution >= 4 is 34.9 Å². The molecular formula is C24H24Cl2N2O4.